The maximum atomic E-state index is 8.75. The van der Waals surface area contributed by atoms with Crippen LogP contribution in [0.4, 0.5) is 0 Å². The Balaban J connectivity index is 2.84. The summed E-state index contributed by atoms with van der Waals surface area (Å²) in [4.78, 5) is 0. The predicted octanol–water partition coefficient (Wildman–Crippen LogP) is 3.54. The van der Waals surface area contributed by atoms with Gasteiger partial charge in [-0.2, -0.15) is 10.5 Å². The standard InChI is InChI=1S/C15H16N2O/c1-12(2)7-8-18-15-6-4-3-5-14(15)9-13(10-16)11-17/h3-6,9,12H,7-8H2,1-2H3. The third-order valence-corrected chi connectivity index (χ3v) is 2.41. The van der Waals surface area contributed by atoms with E-state index in [4.69, 9.17) is 15.3 Å². The van der Waals surface area contributed by atoms with E-state index in [9.17, 15) is 0 Å². The zero-order valence-corrected chi connectivity index (χ0v) is 10.7. The molecule has 0 unspecified atom stereocenters. The van der Waals surface area contributed by atoms with Crippen LogP contribution in [0, 0.1) is 28.6 Å². The first-order chi connectivity index (χ1) is 8.67. The van der Waals surface area contributed by atoms with Gasteiger partial charge in [0.2, 0.25) is 0 Å². The van der Waals surface area contributed by atoms with Crippen LogP contribution in [0.2, 0.25) is 0 Å². The molecule has 0 aliphatic rings. The van der Waals surface area contributed by atoms with Crippen molar-refractivity contribution < 1.29 is 4.74 Å². The molecule has 0 aliphatic carbocycles. The van der Waals surface area contributed by atoms with E-state index >= 15 is 0 Å². The number of hydrogen-bond acceptors (Lipinski definition) is 3. The van der Waals surface area contributed by atoms with Gasteiger partial charge < -0.3 is 4.74 Å². The minimum atomic E-state index is 0.0786. The topological polar surface area (TPSA) is 56.8 Å². The minimum Gasteiger partial charge on any atom is -0.493 e. The molecule has 18 heavy (non-hydrogen) atoms. The third-order valence-electron chi connectivity index (χ3n) is 2.41. The maximum absolute atomic E-state index is 8.75. The van der Waals surface area contributed by atoms with Crippen molar-refractivity contribution in [1.29, 1.82) is 10.5 Å². The van der Waals surface area contributed by atoms with Crippen LogP contribution in [-0.4, -0.2) is 6.61 Å². The molecule has 1 rings (SSSR count). The van der Waals surface area contributed by atoms with Crippen molar-refractivity contribution in [2.75, 3.05) is 6.61 Å². The fourth-order valence-electron chi connectivity index (χ4n) is 1.38. The normalized spacial score (nSPS) is 9.39. The van der Waals surface area contributed by atoms with Crippen molar-refractivity contribution in [1.82, 2.24) is 0 Å². The molecule has 3 nitrogen and oxygen atoms in total. The summed E-state index contributed by atoms with van der Waals surface area (Å²) in [5.74, 6) is 1.29. The van der Waals surface area contributed by atoms with Crippen LogP contribution < -0.4 is 4.74 Å². The van der Waals surface area contributed by atoms with Gasteiger partial charge in [0.15, 0.2) is 0 Å². The Morgan fingerprint density at radius 3 is 2.56 bits per heavy atom. The van der Waals surface area contributed by atoms with Crippen LogP contribution >= 0.6 is 0 Å². The Hall–Kier alpha value is -2.26. The average Bonchev–Trinajstić information content (AvgIpc) is 2.37. The second-order valence-electron chi connectivity index (χ2n) is 4.35. The van der Waals surface area contributed by atoms with Gasteiger partial charge in [-0.05, 0) is 24.5 Å². The van der Waals surface area contributed by atoms with Crippen molar-refractivity contribution >= 4 is 6.08 Å². The largest absolute Gasteiger partial charge is 0.493 e. The summed E-state index contributed by atoms with van der Waals surface area (Å²) in [5, 5.41) is 17.5. The zero-order chi connectivity index (χ0) is 13.4. The molecular formula is C15H16N2O. The van der Waals surface area contributed by atoms with Crippen molar-refractivity contribution in [3.05, 3.63) is 35.4 Å². The summed E-state index contributed by atoms with van der Waals surface area (Å²) in [6.45, 7) is 4.91. The van der Waals surface area contributed by atoms with E-state index in [1.807, 2.05) is 36.4 Å². The summed E-state index contributed by atoms with van der Waals surface area (Å²) < 4.78 is 5.67. The molecule has 0 atom stereocenters. The summed E-state index contributed by atoms with van der Waals surface area (Å²) >= 11 is 0. The number of ether oxygens (including phenoxy) is 1. The molecule has 0 saturated heterocycles. The van der Waals surface area contributed by atoms with E-state index in [-0.39, 0.29) is 5.57 Å². The smallest absolute Gasteiger partial charge is 0.130 e. The lowest BCUT2D eigenvalue weighted by molar-refractivity contribution is 0.289. The van der Waals surface area contributed by atoms with Gasteiger partial charge in [-0.1, -0.05) is 32.0 Å². The Bertz CT molecular complexity index is 488. The van der Waals surface area contributed by atoms with E-state index < -0.39 is 0 Å². The number of nitrogens with zero attached hydrogens (tertiary/aromatic N) is 2. The fraction of sp³-hybridized carbons (Fsp3) is 0.333. The van der Waals surface area contributed by atoms with Gasteiger partial charge >= 0.3 is 0 Å². The van der Waals surface area contributed by atoms with Gasteiger partial charge in [0, 0.05) is 5.56 Å². The number of benzene rings is 1. The molecule has 0 N–H and O–H groups in total. The zero-order valence-electron chi connectivity index (χ0n) is 10.7. The second-order valence-corrected chi connectivity index (χ2v) is 4.35. The number of allylic oxidation sites excluding steroid dienone is 1. The highest BCUT2D eigenvalue weighted by molar-refractivity contribution is 5.66. The van der Waals surface area contributed by atoms with Gasteiger partial charge in [0.25, 0.3) is 0 Å². The monoisotopic (exact) mass is 240 g/mol. The van der Waals surface area contributed by atoms with E-state index in [2.05, 4.69) is 13.8 Å². The van der Waals surface area contributed by atoms with E-state index in [1.165, 1.54) is 0 Å². The molecule has 0 radical (unpaired) electrons. The molecule has 1 aromatic carbocycles. The Morgan fingerprint density at radius 2 is 1.94 bits per heavy atom. The first-order valence-corrected chi connectivity index (χ1v) is 5.91. The lowest BCUT2D eigenvalue weighted by atomic mass is 10.1. The third kappa shape index (κ3) is 4.31. The number of rotatable bonds is 5. The van der Waals surface area contributed by atoms with Crippen molar-refractivity contribution in [2.45, 2.75) is 20.3 Å². The van der Waals surface area contributed by atoms with E-state index in [0.29, 0.717) is 18.3 Å². The molecule has 0 heterocycles. The molecule has 0 aliphatic heterocycles. The molecule has 0 amide bonds. The molecule has 3 heteroatoms. The fourth-order valence-corrected chi connectivity index (χ4v) is 1.38. The van der Waals surface area contributed by atoms with Gasteiger partial charge in [0.05, 0.1) is 6.61 Å². The van der Waals surface area contributed by atoms with Crippen LogP contribution in [0.15, 0.2) is 29.8 Å². The summed E-state index contributed by atoms with van der Waals surface area (Å²) in [7, 11) is 0. The van der Waals surface area contributed by atoms with Crippen molar-refractivity contribution in [2.24, 2.45) is 5.92 Å². The number of nitriles is 2. The van der Waals surface area contributed by atoms with E-state index in [0.717, 1.165) is 12.0 Å². The summed E-state index contributed by atoms with van der Waals surface area (Å²) in [6.07, 6.45) is 2.52. The highest BCUT2D eigenvalue weighted by Crippen LogP contribution is 2.21. The molecule has 92 valence electrons. The highest BCUT2D eigenvalue weighted by atomic mass is 16.5. The lowest BCUT2D eigenvalue weighted by Gasteiger charge is -2.10. The Labute approximate surface area is 108 Å². The molecule has 0 aromatic heterocycles. The minimum absolute atomic E-state index is 0.0786. The summed E-state index contributed by atoms with van der Waals surface area (Å²) in [5.41, 5.74) is 0.842. The predicted molar refractivity (Wildman–Crippen MR) is 70.6 cm³/mol. The lowest BCUT2D eigenvalue weighted by Crippen LogP contribution is -2.02. The average molecular weight is 240 g/mol. The Morgan fingerprint density at radius 1 is 1.28 bits per heavy atom. The molecule has 0 saturated carbocycles. The van der Waals surface area contributed by atoms with E-state index in [1.54, 1.807) is 6.08 Å². The molecule has 1 aromatic rings. The molecular weight excluding hydrogens is 224 g/mol. The van der Waals surface area contributed by atoms with Crippen LogP contribution in [0.3, 0.4) is 0 Å². The highest BCUT2D eigenvalue weighted by Gasteiger charge is 2.03. The van der Waals surface area contributed by atoms with Crippen LogP contribution in [0.25, 0.3) is 6.08 Å². The van der Waals surface area contributed by atoms with Gasteiger partial charge in [-0.25, -0.2) is 0 Å². The molecule has 0 bridgehead atoms. The van der Waals surface area contributed by atoms with Gasteiger partial charge in [0.1, 0.15) is 23.5 Å². The van der Waals surface area contributed by atoms with Gasteiger partial charge in [-0.15, -0.1) is 0 Å². The first kappa shape index (κ1) is 13.8. The molecule has 0 spiro atoms. The quantitative estimate of drug-likeness (QED) is 0.739. The SMILES string of the molecule is CC(C)CCOc1ccccc1C=C(C#N)C#N. The van der Waals surface area contributed by atoms with Crippen LogP contribution in [0.5, 0.6) is 5.75 Å². The first-order valence-electron chi connectivity index (χ1n) is 5.91. The van der Waals surface area contributed by atoms with Crippen molar-refractivity contribution in [3.8, 4) is 17.9 Å². The van der Waals surface area contributed by atoms with Crippen LogP contribution in [-0.2, 0) is 0 Å². The maximum Gasteiger partial charge on any atom is 0.130 e. The molecule has 0 fully saturated rings. The second kappa shape index (κ2) is 7.14. The number of para-hydroxylation sites is 1. The van der Waals surface area contributed by atoms with Crippen LogP contribution in [0.1, 0.15) is 25.8 Å². The van der Waals surface area contributed by atoms with Crippen molar-refractivity contribution in [3.63, 3.8) is 0 Å². The summed E-state index contributed by atoms with van der Waals surface area (Å²) in [6, 6.07) is 11.1. The number of hydrogen-bond donors (Lipinski definition) is 0. The Kier molecular flexibility index (Phi) is 5.48. The van der Waals surface area contributed by atoms with Gasteiger partial charge in [-0.3, -0.25) is 0 Å².